The molecule has 7 nitrogen and oxygen atoms in total. The zero-order valence-corrected chi connectivity index (χ0v) is 17.7. The van der Waals surface area contributed by atoms with Crippen LogP contribution >= 0.6 is 0 Å². The molecule has 1 aliphatic heterocycles. The van der Waals surface area contributed by atoms with Crippen LogP contribution in [0.25, 0.3) is 0 Å². The van der Waals surface area contributed by atoms with Crippen molar-refractivity contribution in [2.45, 2.75) is 38.4 Å². The molecule has 1 aliphatic rings. The Kier molecular flexibility index (Phi) is 6.92. The predicted octanol–water partition coefficient (Wildman–Crippen LogP) is 2.71. The molecule has 3 rings (SSSR count). The van der Waals surface area contributed by atoms with E-state index in [0.717, 1.165) is 23.1 Å². The maximum absolute atomic E-state index is 14.5. The van der Waals surface area contributed by atoms with Crippen LogP contribution in [0.4, 0.5) is 4.39 Å². The SMILES string of the molecule is CC(C)(F)CN1CCc2cc(O)ccc2C1c1ccc(C(=O)NCCC(=O)NO)cc1. The molecule has 0 saturated heterocycles. The average Bonchev–Trinajstić information content (AvgIpc) is 2.72. The van der Waals surface area contributed by atoms with Gasteiger partial charge in [0.25, 0.3) is 5.91 Å². The van der Waals surface area contributed by atoms with Crippen LogP contribution in [0.5, 0.6) is 5.75 Å². The molecule has 0 saturated carbocycles. The molecule has 2 amide bonds. The number of hydrogen-bond acceptors (Lipinski definition) is 5. The number of fused-ring (bicyclic) bond motifs is 1. The molecular weight excluding hydrogens is 401 g/mol. The summed E-state index contributed by atoms with van der Waals surface area (Å²) in [7, 11) is 0. The first kappa shape index (κ1) is 22.7. The van der Waals surface area contributed by atoms with Crippen molar-refractivity contribution >= 4 is 11.8 Å². The topological polar surface area (TPSA) is 102 Å². The quantitative estimate of drug-likeness (QED) is 0.400. The van der Waals surface area contributed by atoms with Gasteiger partial charge in [-0.1, -0.05) is 18.2 Å². The van der Waals surface area contributed by atoms with Crippen molar-refractivity contribution in [2.24, 2.45) is 0 Å². The molecule has 2 aromatic carbocycles. The number of aromatic hydroxyl groups is 1. The lowest BCUT2D eigenvalue weighted by Crippen LogP contribution is -2.42. The van der Waals surface area contributed by atoms with Gasteiger partial charge in [0.15, 0.2) is 0 Å². The Morgan fingerprint density at radius 3 is 2.55 bits per heavy atom. The van der Waals surface area contributed by atoms with E-state index in [1.165, 1.54) is 5.48 Å². The number of nitrogens with one attached hydrogen (secondary N) is 2. The lowest BCUT2D eigenvalue weighted by molar-refractivity contribution is -0.129. The summed E-state index contributed by atoms with van der Waals surface area (Å²) in [4.78, 5) is 25.4. The van der Waals surface area contributed by atoms with Crippen LogP contribution in [-0.2, 0) is 11.2 Å². The molecule has 0 aromatic heterocycles. The Labute approximate surface area is 180 Å². The molecule has 0 bridgehead atoms. The summed E-state index contributed by atoms with van der Waals surface area (Å²) in [6.45, 7) is 4.13. The number of hydrogen-bond donors (Lipinski definition) is 4. The highest BCUT2D eigenvalue weighted by atomic mass is 19.1. The largest absolute Gasteiger partial charge is 0.508 e. The van der Waals surface area contributed by atoms with Crippen LogP contribution in [0.3, 0.4) is 0 Å². The molecular formula is C23H28FN3O4. The van der Waals surface area contributed by atoms with Crippen LogP contribution < -0.4 is 10.8 Å². The number of nitrogens with zero attached hydrogens (tertiary/aromatic N) is 1. The number of halogens is 1. The van der Waals surface area contributed by atoms with Gasteiger partial charge in [0.05, 0.1) is 6.04 Å². The minimum atomic E-state index is -1.37. The molecule has 8 heteroatoms. The molecule has 2 aromatic rings. The Morgan fingerprint density at radius 2 is 1.90 bits per heavy atom. The maximum atomic E-state index is 14.5. The Balaban J connectivity index is 1.82. The van der Waals surface area contributed by atoms with Gasteiger partial charge in [-0.05, 0) is 61.2 Å². The van der Waals surface area contributed by atoms with Gasteiger partial charge in [0.1, 0.15) is 11.4 Å². The van der Waals surface area contributed by atoms with E-state index in [0.29, 0.717) is 12.1 Å². The molecule has 166 valence electrons. The molecule has 1 heterocycles. The minimum Gasteiger partial charge on any atom is -0.508 e. The fraction of sp³-hybridized carbons (Fsp3) is 0.391. The predicted molar refractivity (Wildman–Crippen MR) is 114 cm³/mol. The summed E-state index contributed by atoms with van der Waals surface area (Å²) < 4.78 is 14.5. The first-order valence-corrected chi connectivity index (χ1v) is 10.2. The number of phenolic OH excluding ortho intramolecular Hbond substituents is 1. The van der Waals surface area contributed by atoms with E-state index in [1.54, 1.807) is 38.1 Å². The molecule has 0 radical (unpaired) electrons. The first-order chi connectivity index (χ1) is 14.7. The maximum Gasteiger partial charge on any atom is 0.251 e. The van der Waals surface area contributed by atoms with Crippen molar-refractivity contribution in [3.8, 4) is 5.75 Å². The van der Waals surface area contributed by atoms with Crippen molar-refractivity contribution in [3.05, 3.63) is 64.7 Å². The standard InChI is InChI=1S/C23H28FN3O4/c1-23(2,24)14-27-12-10-17-13-18(28)7-8-19(17)21(27)15-3-5-16(6-4-15)22(30)25-11-9-20(29)26-31/h3-8,13,21,28,31H,9-12,14H2,1-2H3,(H,25,30)(H,26,29). The normalized spacial score (nSPS) is 16.5. The molecule has 0 spiro atoms. The minimum absolute atomic E-state index is 0.0278. The van der Waals surface area contributed by atoms with Crippen molar-refractivity contribution < 1.29 is 24.3 Å². The number of hydroxylamine groups is 1. The highest BCUT2D eigenvalue weighted by molar-refractivity contribution is 5.94. The van der Waals surface area contributed by atoms with E-state index in [1.807, 2.05) is 18.2 Å². The smallest absolute Gasteiger partial charge is 0.251 e. The molecule has 0 aliphatic carbocycles. The van der Waals surface area contributed by atoms with Crippen molar-refractivity contribution in [3.63, 3.8) is 0 Å². The average molecular weight is 429 g/mol. The molecule has 0 fully saturated rings. The Morgan fingerprint density at radius 1 is 1.19 bits per heavy atom. The van der Waals surface area contributed by atoms with Gasteiger partial charge in [-0.15, -0.1) is 0 Å². The molecule has 31 heavy (non-hydrogen) atoms. The second-order valence-electron chi connectivity index (χ2n) is 8.39. The highest BCUT2D eigenvalue weighted by Gasteiger charge is 2.32. The van der Waals surface area contributed by atoms with Crippen LogP contribution in [0.2, 0.25) is 0 Å². The zero-order valence-electron chi connectivity index (χ0n) is 17.7. The van der Waals surface area contributed by atoms with E-state index >= 15 is 0 Å². The summed E-state index contributed by atoms with van der Waals surface area (Å²) in [6, 6.07) is 12.2. The summed E-state index contributed by atoms with van der Waals surface area (Å²) in [5.41, 5.74) is 3.55. The molecule has 4 N–H and O–H groups in total. The highest BCUT2D eigenvalue weighted by Crippen LogP contribution is 2.37. The van der Waals surface area contributed by atoms with Crippen molar-refractivity contribution in [1.82, 2.24) is 15.7 Å². The number of alkyl halides is 1. The third-order valence-electron chi connectivity index (χ3n) is 5.28. The molecule has 1 unspecified atom stereocenters. The van der Waals surface area contributed by atoms with Crippen molar-refractivity contribution in [1.29, 1.82) is 0 Å². The monoisotopic (exact) mass is 429 g/mol. The summed E-state index contributed by atoms with van der Waals surface area (Å²) >= 11 is 0. The van der Waals surface area contributed by atoms with Gasteiger partial charge < -0.3 is 10.4 Å². The number of rotatable bonds is 7. The number of carbonyl (C=O) groups excluding carboxylic acids is 2. The summed E-state index contributed by atoms with van der Waals surface area (Å²) in [6.07, 6.45) is 0.693. The first-order valence-electron chi connectivity index (χ1n) is 10.2. The third kappa shape index (κ3) is 5.80. The van der Waals surface area contributed by atoms with Crippen LogP contribution in [0, 0.1) is 0 Å². The number of amides is 2. The fourth-order valence-electron chi connectivity index (χ4n) is 3.97. The zero-order chi connectivity index (χ0) is 22.6. The summed E-state index contributed by atoms with van der Waals surface area (Å²) in [5.74, 6) is -0.694. The Hall–Kier alpha value is -2.97. The van der Waals surface area contributed by atoms with Gasteiger partial charge in [-0.25, -0.2) is 9.87 Å². The number of benzene rings is 2. The summed E-state index contributed by atoms with van der Waals surface area (Å²) in [5, 5.41) is 21.0. The third-order valence-corrected chi connectivity index (χ3v) is 5.28. The van der Waals surface area contributed by atoms with Gasteiger partial charge in [0, 0.05) is 31.6 Å². The van der Waals surface area contributed by atoms with Crippen LogP contribution in [-0.4, -0.2) is 52.3 Å². The van der Waals surface area contributed by atoms with Crippen molar-refractivity contribution in [2.75, 3.05) is 19.6 Å². The van der Waals surface area contributed by atoms with E-state index < -0.39 is 11.6 Å². The van der Waals surface area contributed by atoms with Gasteiger partial charge >= 0.3 is 0 Å². The number of carbonyl (C=O) groups is 2. The van der Waals surface area contributed by atoms with E-state index in [9.17, 15) is 19.1 Å². The fourth-order valence-corrected chi connectivity index (χ4v) is 3.97. The second-order valence-corrected chi connectivity index (χ2v) is 8.39. The van der Waals surface area contributed by atoms with E-state index in [4.69, 9.17) is 5.21 Å². The van der Waals surface area contributed by atoms with Gasteiger partial charge in [-0.2, -0.15) is 0 Å². The van der Waals surface area contributed by atoms with E-state index in [-0.39, 0.29) is 37.2 Å². The number of phenols is 1. The second kappa shape index (κ2) is 9.45. The van der Waals surface area contributed by atoms with Crippen LogP contribution in [0.15, 0.2) is 42.5 Å². The Bertz CT molecular complexity index is 941. The van der Waals surface area contributed by atoms with E-state index in [2.05, 4.69) is 10.2 Å². The lowest BCUT2D eigenvalue weighted by Gasteiger charge is -2.40. The molecule has 1 atom stereocenters. The van der Waals surface area contributed by atoms with Gasteiger partial charge in [-0.3, -0.25) is 19.7 Å². The lowest BCUT2D eigenvalue weighted by atomic mass is 9.87. The van der Waals surface area contributed by atoms with Gasteiger partial charge in [0.2, 0.25) is 5.91 Å². The van der Waals surface area contributed by atoms with Crippen LogP contribution in [0.1, 0.15) is 53.4 Å².